The molecule has 1 aromatic rings. The van der Waals surface area contributed by atoms with Crippen molar-refractivity contribution in [3.8, 4) is 0 Å². The summed E-state index contributed by atoms with van der Waals surface area (Å²) in [4.78, 5) is 10.7. The second-order valence-corrected chi connectivity index (χ2v) is 11.2. The average Bonchev–Trinajstić information content (AvgIpc) is 2.34. The molecule has 1 aromatic carbocycles. The first kappa shape index (κ1) is 16.9. The van der Waals surface area contributed by atoms with Crippen LogP contribution in [0.15, 0.2) is 22.6 Å². The summed E-state index contributed by atoms with van der Waals surface area (Å²) in [5.41, 5.74) is 0.903. The number of rotatable bonds is 5. The van der Waals surface area contributed by atoms with E-state index in [1.54, 1.807) is 12.1 Å². The summed E-state index contributed by atoms with van der Waals surface area (Å²) < 4.78 is 9.73. The van der Waals surface area contributed by atoms with Crippen LogP contribution in [0, 0.1) is 10.1 Å². The van der Waals surface area contributed by atoms with Crippen molar-refractivity contribution in [1.29, 1.82) is 0 Å². The van der Waals surface area contributed by atoms with Crippen LogP contribution in [0.2, 0.25) is 18.1 Å². The Kier molecular flexibility index (Phi) is 5.12. The number of nitro benzene ring substituents is 1. The molecule has 0 saturated carbocycles. The average molecular weight is 312 g/mol. The van der Waals surface area contributed by atoms with Crippen molar-refractivity contribution in [2.75, 3.05) is 0 Å². The van der Waals surface area contributed by atoms with Gasteiger partial charge >= 0.3 is 0 Å². The standard InChI is InChI=1S/C13H20N2O3SSi/c1-13(2,3)20(4,5)18-9-10-11(14-19)7-6-8-12(10)15(16)17/h6-8H,9H2,1-5H3. The maximum atomic E-state index is 11.1. The van der Waals surface area contributed by atoms with Gasteiger partial charge in [-0.15, -0.1) is 0 Å². The summed E-state index contributed by atoms with van der Waals surface area (Å²) in [5.74, 6) is 0. The first-order valence-corrected chi connectivity index (χ1v) is 9.61. The Labute approximate surface area is 125 Å². The van der Waals surface area contributed by atoms with E-state index in [2.05, 4.69) is 38.2 Å². The van der Waals surface area contributed by atoms with E-state index in [-0.39, 0.29) is 17.3 Å². The summed E-state index contributed by atoms with van der Waals surface area (Å²) >= 11 is 4.69. The van der Waals surface area contributed by atoms with Crippen LogP contribution in [0.4, 0.5) is 11.4 Å². The van der Waals surface area contributed by atoms with E-state index >= 15 is 0 Å². The third-order valence-corrected chi connectivity index (χ3v) is 8.48. The monoisotopic (exact) mass is 312 g/mol. The van der Waals surface area contributed by atoms with Crippen LogP contribution < -0.4 is 0 Å². The molecule has 0 spiro atoms. The third-order valence-electron chi connectivity index (χ3n) is 3.81. The lowest BCUT2D eigenvalue weighted by molar-refractivity contribution is -0.385. The van der Waals surface area contributed by atoms with Crippen molar-refractivity contribution in [3.05, 3.63) is 33.9 Å². The van der Waals surface area contributed by atoms with Gasteiger partial charge < -0.3 is 4.43 Å². The highest BCUT2D eigenvalue weighted by Crippen LogP contribution is 2.38. The van der Waals surface area contributed by atoms with Crippen LogP contribution >= 0.6 is 0 Å². The summed E-state index contributed by atoms with van der Waals surface area (Å²) in [6.07, 6.45) is 0. The molecule has 0 aliphatic heterocycles. The Morgan fingerprint density at radius 2 is 2.00 bits per heavy atom. The first-order valence-electron chi connectivity index (χ1n) is 6.34. The van der Waals surface area contributed by atoms with Crippen molar-refractivity contribution in [3.63, 3.8) is 0 Å². The van der Waals surface area contributed by atoms with Crippen LogP contribution in [-0.2, 0) is 23.5 Å². The van der Waals surface area contributed by atoms with Crippen LogP contribution in [0.25, 0.3) is 0 Å². The van der Waals surface area contributed by atoms with Crippen molar-refractivity contribution >= 4 is 32.1 Å². The van der Waals surface area contributed by atoms with Crippen molar-refractivity contribution < 1.29 is 9.35 Å². The van der Waals surface area contributed by atoms with Gasteiger partial charge in [0, 0.05) is 18.5 Å². The van der Waals surface area contributed by atoms with Gasteiger partial charge in [0.05, 0.1) is 22.8 Å². The van der Waals surface area contributed by atoms with Gasteiger partial charge in [-0.25, -0.2) is 0 Å². The fraction of sp³-hybridized carbons (Fsp3) is 0.538. The molecule has 0 heterocycles. The number of hydrogen-bond donors (Lipinski definition) is 0. The molecule has 0 aliphatic carbocycles. The molecule has 0 amide bonds. The maximum absolute atomic E-state index is 11.1. The largest absolute Gasteiger partial charge is 0.412 e. The van der Waals surface area contributed by atoms with Gasteiger partial charge in [-0.05, 0) is 24.2 Å². The molecule has 0 fully saturated rings. The first-order chi connectivity index (χ1) is 9.10. The molecule has 110 valence electrons. The predicted octanol–water partition coefficient (Wildman–Crippen LogP) is 4.48. The number of nitro groups is 1. The predicted molar refractivity (Wildman–Crippen MR) is 84.5 cm³/mol. The van der Waals surface area contributed by atoms with Crippen LogP contribution in [-0.4, -0.2) is 13.2 Å². The minimum atomic E-state index is -1.98. The smallest absolute Gasteiger partial charge is 0.277 e. The van der Waals surface area contributed by atoms with E-state index in [0.717, 1.165) is 0 Å². The second-order valence-electron chi connectivity index (χ2n) is 6.17. The van der Waals surface area contributed by atoms with Crippen LogP contribution in [0.1, 0.15) is 26.3 Å². The molecule has 0 unspecified atom stereocenters. The molecular weight excluding hydrogens is 292 g/mol. The molecule has 0 bridgehead atoms. The van der Waals surface area contributed by atoms with E-state index in [0.29, 0.717) is 11.3 Å². The molecule has 0 saturated heterocycles. The highest BCUT2D eigenvalue weighted by Gasteiger charge is 2.37. The van der Waals surface area contributed by atoms with E-state index in [4.69, 9.17) is 16.9 Å². The van der Waals surface area contributed by atoms with E-state index in [9.17, 15) is 10.1 Å². The van der Waals surface area contributed by atoms with Crippen molar-refractivity contribution in [2.45, 2.75) is 45.5 Å². The molecule has 5 nitrogen and oxygen atoms in total. The maximum Gasteiger partial charge on any atom is 0.277 e. The van der Waals surface area contributed by atoms with Gasteiger partial charge in [0.2, 0.25) is 0 Å². The van der Waals surface area contributed by atoms with Crippen LogP contribution in [0.3, 0.4) is 0 Å². The topological polar surface area (TPSA) is 64.7 Å². The van der Waals surface area contributed by atoms with Crippen molar-refractivity contribution in [2.24, 2.45) is 4.36 Å². The minimum Gasteiger partial charge on any atom is -0.412 e. The molecule has 7 heteroatoms. The Morgan fingerprint density at radius 1 is 1.40 bits per heavy atom. The zero-order valence-electron chi connectivity index (χ0n) is 12.5. The molecule has 0 aliphatic rings. The minimum absolute atomic E-state index is 0.00908. The summed E-state index contributed by atoms with van der Waals surface area (Å²) in [6.45, 7) is 10.7. The molecule has 0 aromatic heterocycles. The molecule has 0 radical (unpaired) electrons. The van der Waals surface area contributed by atoms with Gasteiger partial charge in [0.1, 0.15) is 0 Å². The van der Waals surface area contributed by atoms with Gasteiger partial charge in [0.25, 0.3) is 5.69 Å². The lowest BCUT2D eigenvalue weighted by Gasteiger charge is -2.36. The van der Waals surface area contributed by atoms with Gasteiger partial charge in [-0.3, -0.25) is 10.1 Å². The fourth-order valence-corrected chi connectivity index (χ4v) is 2.55. The Bertz CT molecular complexity index is 527. The summed E-state index contributed by atoms with van der Waals surface area (Å²) in [5, 5.41) is 11.1. The number of benzene rings is 1. The zero-order chi connectivity index (χ0) is 15.6. The second kappa shape index (κ2) is 6.07. The molecule has 20 heavy (non-hydrogen) atoms. The van der Waals surface area contributed by atoms with E-state index < -0.39 is 13.2 Å². The zero-order valence-corrected chi connectivity index (χ0v) is 14.3. The Morgan fingerprint density at radius 3 is 2.45 bits per heavy atom. The fourth-order valence-electron chi connectivity index (χ4n) is 1.44. The highest BCUT2D eigenvalue weighted by atomic mass is 32.1. The van der Waals surface area contributed by atoms with Gasteiger partial charge in [-0.1, -0.05) is 26.8 Å². The van der Waals surface area contributed by atoms with E-state index in [1.807, 2.05) is 0 Å². The quantitative estimate of drug-likeness (QED) is 0.457. The van der Waals surface area contributed by atoms with E-state index in [1.165, 1.54) is 6.07 Å². The third kappa shape index (κ3) is 3.68. The lowest BCUT2D eigenvalue weighted by Crippen LogP contribution is -2.40. The number of nitrogens with zero attached hydrogens (tertiary/aromatic N) is 2. The summed E-state index contributed by atoms with van der Waals surface area (Å²) in [6, 6.07) is 4.71. The van der Waals surface area contributed by atoms with Gasteiger partial charge in [0.15, 0.2) is 8.32 Å². The molecule has 1 rings (SSSR count). The van der Waals surface area contributed by atoms with Crippen LogP contribution in [0.5, 0.6) is 0 Å². The highest BCUT2D eigenvalue weighted by molar-refractivity contribution is 7.47. The lowest BCUT2D eigenvalue weighted by atomic mass is 10.1. The summed E-state index contributed by atoms with van der Waals surface area (Å²) in [7, 11) is -1.98. The molecular formula is C13H20N2O3SSi. The Balaban J connectivity index is 3.09. The molecule has 0 N–H and O–H groups in total. The molecule has 0 atom stereocenters. The van der Waals surface area contributed by atoms with Gasteiger partial charge in [-0.2, -0.15) is 4.36 Å². The normalized spacial score (nSPS) is 12.2. The number of hydrogen-bond acceptors (Lipinski definition) is 5. The Hall–Kier alpha value is -1.18. The van der Waals surface area contributed by atoms with Crippen molar-refractivity contribution in [1.82, 2.24) is 0 Å². The SMILES string of the molecule is CC(C)(C)[Si](C)(C)OCc1c(N=S)cccc1[N+](=O)[O-].